The van der Waals surface area contributed by atoms with Crippen LogP contribution in [0, 0.1) is 25.2 Å². The number of fused-ring (bicyclic) bond motifs is 1. The molecule has 0 unspecified atom stereocenters. The molecule has 0 atom stereocenters. The number of carbonyl (C=O) groups is 1. The fourth-order valence-electron chi connectivity index (χ4n) is 2.42. The van der Waals surface area contributed by atoms with Gasteiger partial charge in [-0.3, -0.25) is 9.20 Å². The molecule has 8 heteroatoms. The Kier molecular flexibility index (Phi) is 4.95. The van der Waals surface area contributed by atoms with Crippen LogP contribution >= 0.6 is 11.8 Å². The van der Waals surface area contributed by atoms with Crippen molar-refractivity contribution in [3.05, 3.63) is 47.3 Å². The number of aryl methyl sites for hydroxylation is 2. The van der Waals surface area contributed by atoms with Gasteiger partial charge in [-0.1, -0.05) is 23.9 Å². The van der Waals surface area contributed by atoms with Gasteiger partial charge >= 0.3 is 0 Å². The summed E-state index contributed by atoms with van der Waals surface area (Å²) in [6.07, 6.45) is 0.358. The number of anilines is 1. The number of amides is 1. The van der Waals surface area contributed by atoms with Gasteiger partial charge in [0.25, 0.3) is 5.78 Å². The first-order valence-corrected chi connectivity index (χ1v) is 8.63. The molecule has 0 aliphatic carbocycles. The van der Waals surface area contributed by atoms with Crippen molar-refractivity contribution in [2.24, 2.45) is 0 Å². The largest absolute Gasteiger partial charge is 0.325 e. The highest BCUT2D eigenvalue weighted by Gasteiger charge is 2.12. The quantitative estimate of drug-likeness (QED) is 0.709. The Balaban J connectivity index is 1.64. The van der Waals surface area contributed by atoms with Crippen molar-refractivity contribution in [1.29, 1.82) is 5.26 Å². The summed E-state index contributed by atoms with van der Waals surface area (Å²) in [7, 11) is 0. The van der Waals surface area contributed by atoms with Crippen LogP contribution < -0.4 is 5.32 Å². The summed E-state index contributed by atoms with van der Waals surface area (Å²) in [5, 5.41) is 20.3. The number of nitrogens with zero attached hydrogens (tertiary/aromatic N) is 5. The van der Waals surface area contributed by atoms with Gasteiger partial charge in [-0.2, -0.15) is 5.26 Å². The number of aromatic nitrogens is 4. The Morgan fingerprint density at radius 2 is 2.04 bits per heavy atom. The number of nitriles is 1. The molecule has 7 nitrogen and oxygen atoms in total. The fraction of sp³-hybridized carbons (Fsp3) is 0.235. The number of thioether (sulfide) groups is 1. The molecule has 2 heterocycles. The Morgan fingerprint density at radius 1 is 1.28 bits per heavy atom. The number of nitrogens with one attached hydrogen (secondary N) is 1. The zero-order valence-electron chi connectivity index (χ0n) is 13.9. The summed E-state index contributed by atoms with van der Waals surface area (Å²) < 4.78 is 1.83. The lowest BCUT2D eigenvalue weighted by molar-refractivity contribution is -0.113. The molecule has 0 saturated carbocycles. The third kappa shape index (κ3) is 3.95. The zero-order chi connectivity index (χ0) is 17.8. The minimum absolute atomic E-state index is 0.132. The SMILES string of the molecule is Cc1cc(C)n2c(SCC(=O)Nc3ccc(CC#N)cc3)nnc2n1. The van der Waals surface area contributed by atoms with Crippen LogP contribution in [-0.2, 0) is 11.2 Å². The molecular weight excluding hydrogens is 336 g/mol. The van der Waals surface area contributed by atoms with Gasteiger partial charge in [0.15, 0.2) is 5.16 Å². The molecule has 0 spiro atoms. The molecule has 3 aromatic rings. The molecule has 0 aliphatic heterocycles. The van der Waals surface area contributed by atoms with Gasteiger partial charge in [-0.15, -0.1) is 10.2 Å². The van der Waals surface area contributed by atoms with Gasteiger partial charge in [0.05, 0.1) is 18.2 Å². The smallest absolute Gasteiger partial charge is 0.256 e. The van der Waals surface area contributed by atoms with E-state index in [-0.39, 0.29) is 11.7 Å². The van der Waals surface area contributed by atoms with Crippen molar-refractivity contribution in [3.8, 4) is 6.07 Å². The first kappa shape index (κ1) is 16.9. The highest BCUT2D eigenvalue weighted by Crippen LogP contribution is 2.19. The van der Waals surface area contributed by atoms with Gasteiger partial charge in [0.1, 0.15) is 0 Å². The summed E-state index contributed by atoms with van der Waals surface area (Å²) in [4.78, 5) is 16.5. The van der Waals surface area contributed by atoms with Gasteiger partial charge in [-0.25, -0.2) is 4.98 Å². The van der Waals surface area contributed by atoms with E-state index in [9.17, 15) is 4.79 Å². The van der Waals surface area contributed by atoms with E-state index in [1.807, 2.05) is 36.4 Å². The Hall–Kier alpha value is -2.92. The molecule has 0 bridgehead atoms. The third-order valence-corrected chi connectivity index (χ3v) is 4.45. The van der Waals surface area contributed by atoms with Crippen molar-refractivity contribution in [2.45, 2.75) is 25.4 Å². The first-order valence-electron chi connectivity index (χ1n) is 7.65. The van der Waals surface area contributed by atoms with Crippen LogP contribution in [-0.4, -0.2) is 31.2 Å². The van der Waals surface area contributed by atoms with Crippen molar-refractivity contribution in [2.75, 3.05) is 11.1 Å². The number of hydrogen-bond donors (Lipinski definition) is 1. The molecule has 126 valence electrons. The van der Waals surface area contributed by atoms with Gasteiger partial charge in [0, 0.05) is 17.1 Å². The molecule has 25 heavy (non-hydrogen) atoms. The van der Waals surface area contributed by atoms with E-state index in [1.165, 1.54) is 11.8 Å². The minimum atomic E-state index is -0.132. The molecule has 2 aromatic heterocycles. The second kappa shape index (κ2) is 7.32. The van der Waals surface area contributed by atoms with Crippen LogP contribution in [0.3, 0.4) is 0 Å². The second-order valence-corrected chi connectivity index (χ2v) is 6.47. The number of hydrogen-bond acceptors (Lipinski definition) is 6. The Labute approximate surface area is 149 Å². The highest BCUT2D eigenvalue weighted by atomic mass is 32.2. The van der Waals surface area contributed by atoms with E-state index in [0.717, 1.165) is 17.0 Å². The van der Waals surface area contributed by atoms with Crippen LogP contribution in [0.4, 0.5) is 5.69 Å². The molecule has 0 saturated heterocycles. The monoisotopic (exact) mass is 352 g/mol. The van der Waals surface area contributed by atoms with E-state index >= 15 is 0 Å². The summed E-state index contributed by atoms with van der Waals surface area (Å²) in [5.74, 6) is 0.620. The average molecular weight is 352 g/mol. The van der Waals surface area contributed by atoms with Crippen molar-refractivity contribution >= 4 is 29.1 Å². The van der Waals surface area contributed by atoms with E-state index in [2.05, 4.69) is 26.6 Å². The summed E-state index contributed by atoms with van der Waals surface area (Å²) in [5.41, 5.74) is 3.48. The van der Waals surface area contributed by atoms with Crippen LogP contribution in [0.15, 0.2) is 35.5 Å². The summed E-state index contributed by atoms with van der Waals surface area (Å²) in [6, 6.07) is 11.3. The zero-order valence-corrected chi connectivity index (χ0v) is 14.7. The lowest BCUT2D eigenvalue weighted by atomic mass is 10.1. The van der Waals surface area contributed by atoms with E-state index in [4.69, 9.17) is 5.26 Å². The van der Waals surface area contributed by atoms with Crippen molar-refractivity contribution in [3.63, 3.8) is 0 Å². The fourth-order valence-corrected chi connectivity index (χ4v) is 3.20. The second-order valence-electron chi connectivity index (χ2n) is 5.53. The molecule has 1 N–H and O–H groups in total. The third-order valence-electron chi connectivity index (χ3n) is 3.52. The maximum atomic E-state index is 12.1. The Bertz CT molecular complexity index is 958. The molecular formula is C17H16N6OS. The molecule has 0 aliphatic rings. The molecule has 1 amide bonds. The minimum Gasteiger partial charge on any atom is -0.325 e. The Morgan fingerprint density at radius 3 is 2.76 bits per heavy atom. The number of benzene rings is 1. The highest BCUT2D eigenvalue weighted by molar-refractivity contribution is 7.99. The summed E-state index contributed by atoms with van der Waals surface area (Å²) >= 11 is 1.31. The van der Waals surface area contributed by atoms with E-state index in [1.54, 1.807) is 12.1 Å². The van der Waals surface area contributed by atoms with Crippen molar-refractivity contribution in [1.82, 2.24) is 19.6 Å². The lowest BCUT2D eigenvalue weighted by Crippen LogP contribution is -2.14. The van der Waals surface area contributed by atoms with Crippen molar-refractivity contribution < 1.29 is 4.79 Å². The van der Waals surface area contributed by atoms with Gasteiger partial charge in [-0.05, 0) is 37.6 Å². The number of rotatable bonds is 5. The van der Waals surface area contributed by atoms with Crippen LogP contribution in [0.1, 0.15) is 17.0 Å². The predicted molar refractivity (Wildman–Crippen MR) is 95.4 cm³/mol. The van der Waals surface area contributed by atoms with Gasteiger partial charge < -0.3 is 5.32 Å². The molecule has 0 fully saturated rings. The van der Waals surface area contributed by atoms with E-state index < -0.39 is 0 Å². The standard InChI is InChI=1S/C17H16N6OS/c1-11-9-12(2)23-16(19-11)21-22-17(23)25-10-15(24)20-14-5-3-13(4-6-14)7-8-18/h3-6,9H,7,10H2,1-2H3,(H,20,24). The molecule has 1 aromatic carbocycles. The van der Waals surface area contributed by atoms with Crippen LogP contribution in [0.5, 0.6) is 0 Å². The lowest BCUT2D eigenvalue weighted by Gasteiger charge is -2.06. The normalized spacial score (nSPS) is 10.6. The topological polar surface area (TPSA) is 96.0 Å². The number of carbonyl (C=O) groups excluding carboxylic acids is 1. The molecule has 0 radical (unpaired) electrons. The van der Waals surface area contributed by atoms with Crippen LogP contribution in [0.25, 0.3) is 5.78 Å². The summed E-state index contributed by atoms with van der Waals surface area (Å²) in [6.45, 7) is 3.86. The van der Waals surface area contributed by atoms with E-state index in [0.29, 0.717) is 23.0 Å². The van der Waals surface area contributed by atoms with Crippen LogP contribution in [0.2, 0.25) is 0 Å². The maximum absolute atomic E-state index is 12.1. The van der Waals surface area contributed by atoms with Gasteiger partial charge in [0.2, 0.25) is 5.91 Å². The maximum Gasteiger partial charge on any atom is 0.256 e. The predicted octanol–water partition coefficient (Wildman–Crippen LogP) is 2.54. The average Bonchev–Trinajstić information content (AvgIpc) is 2.98. The first-order chi connectivity index (χ1) is 12.1. The molecule has 3 rings (SSSR count).